The zero-order valence-electron chi connectivity index (χ0n) is 12.0. The molecule has 6 heteroatoms. The molecule has 1 fully saturated rings. The van der Waals surface area contributed by atoms with E-state index in [2.05, 4.69) is 33.8 Å². The summed E-state index contributed by atoms with van der Waals surface area (Å²) in [5.41, 5.74) is 0.527. The molecule has 1 atom stereocenters. The Kier molecular flexibility index (Phi) is 4.04. The Bertz CT molecular complexity index is 327. The van der Waals surface area contributed by atoms with Gasteiger partial charge in [-0.15, -0.1) is 0 Å². The molecule has 0 aromatic heterocycles. The molecule has 4 nitrogen and oxygen atoms in total. The minimum absolute atomic E-state index is 0.189. The molecule has 0 radical (unpaired) electrons. The molecule has 0 spiro atoms. The smallest absolute Gasteiger partial charge is 0.425 e. The summed E-state index contributed by atoms with van der Waals surface area (Å²) < 4.78 is 23.0. The zero-order chi connectivity index (χ0) is 13.4. The largest absolute Gasteiger partial charge is 0.492 e. The van der Waals surface area contributed by atoms with Crippen molar-refractivity contribution >= 4 is 17.6 Å². The standard InChI is InChI=1S/C12H23BO4Si/c1-11(2)12(3,4)17-13(16-11)9-5-6-10(8-15-18)14-7-9/h5,10H,6-8H2,1-4,18H3. The highest BCUT2D eigenvalue weighted by Gasteiger charge is 2.52. The van der Waals surface area contributed by atoms with Gasteiger partial charge in [-0.2, -0.15) is 0 Å². The van der Waals surface area contributed by atoms with Crippen LogP contribution in [0, 0.1) is 0 Å². The molecular formula is C12H23BO4Si. The van der Waals surface area contributed by atoms with E-state index in [9.17, 15) is 0 Å². The fourth-order valence-corrected chi connectivity index (χ4v) is 2.46. The number of ether oxygens (including phenoxy) is 1. The second kappa shape index (κ2) is 5.09. The van der Waals surface area contributed by atoms with E-state index in [4.69, 9.17) is 18.5 Å². The fourth-order valence-electron chi connectivity index (χ4n) is 2.08. The molecule has 1 saturated heterocycles. The van der Waals surface area contributed by atoms with Crippen molar-refractivity contribution in [3.05, 3.63) is 11.5 Å². The lowest BCUT2D eigenvalue weighted by atomic mass is 9.77. The van der Waals surface area contributed by atoms with Gasteiger partial charge in [-0.05, 0) is 39.6 Å². The predicted molar refractivity (Wildman–Crippen MR) is 74.4 cm³/mol. The van der Waals surface area contributed by atoms with Crippen LogP contribution in [0.5, 0.6) is 0 Å². The molecular weight excluding hydrogens is 247 g/mol. The molecule has 2 aliphatic rings. The highest BCUT2D eigenvalue weighted by Crippen LogP contribution is 2.39. The maximum atomic E-state index is 6.00. The van der Waals surface area contributed by atoms with Crippen LogP contribution < -0.4 is 0 Å². The Morgan fingerprint density at radius 2 is 1.94 bits per heavy atom. The van der Waals surface area contributed by atoms with Gasteiger partial charge in [0.05, 0.1) is 30.5 Å². The molecule has 1 unspecified atom stereocenters. The molecule has 2 heterocycles. The van der Waals surface area contributed by atoms with Gasteiger partial charge in [0.15, 0.2) is 0 Å². The summed E-state index contributed by atoms with van der Waals surface area (Å²) in [5.74, 6) is 0. The summed E-state index contributed by atoms with van der Waals surface area (Å²) in [7, 11) is 0.491. The van der Waals surface area contributed by atoms with Gasteiger partial charge in [-0.3, -0.25) is 0 Å². The van der Waals surface area contributed by atoms with E-state index in [1.165, 1.54) is 0 Å². The number of hydrogen-bond donors (Lipinski definition) is 0. The van der Waals surface area contributed by atoms with Crippen molar-refractivity contribution in [3.8, 4) is 0 Å². The molecule has 0 aromatic carbocycles. The van der Waals surface area contributed by atoms with Crippen LogP contribution >= 0.6 is 0 Å². The van der Waals surface area contributed by atoms with Crippen molar-refractivity contribution in [2.75, 3.05) is 13.2 Å². The molecule has 0 aromatic rings. The quantitative estimate of drug-likeness (QED) is 0.705. The maximum absolute atomic E-state index is 6.00. The lowest BCUT2D eigenvalue weighted by Gasteiger charge is -2.32. The Labute approximate surface area is 113 Å². The monoisotopic (exact) mass is 270 g/mol. The lowest BCUT2D eigenvalue weighted by molar-refractivity contribution is 0.00578. The van der Waals surface area contributed by atoms with Gasteiger partial charge in [-0.25, -0.2) is 0 Å². The molecule has 2 aliphatic heterocycles. The van der Waals surface area contributed by atoms with Gasteiger partial charge in [0.2, 0.25) is 0 Å². The van der Waals surface area contributed by atoms with Crippen molar-refractivity contribution in [1.29, 1.82) is 0 Å². The lowest BCUT2D eigenvalue weighted by Crippen LogP contribution is -2.41. The average molecular weight is 270 g/mol. The number of rotatable bonds is 3. The topological polar surface area (TPSA) is 36.9 Å². The zero-order valence-corrected chi connectivity index (χ0v) is 14.0. The Morgan fingerprint density at radius 1 is 1.33 bits per heavy atom. The van der Waals surface area contributed by atoms with Gasteiger partial charge >= 0.3 is 7.12 Å². The molecule has 102 valence electrons. The minimum Gasteiger partial charge on any atom is -0.425 e. The molecule has 0 N–H and O–H groups in total. The first-order valence-corrected chi connectivity index (χ1v) is 7.32. The summed E-state index contributed by atoms with van der Waals surface area (Å²) in [5, 5.41) is 0. The molecule has 2 rings (SSSR count). The second-order valence-electron chi connectivity index (χ2n) is 5.99. The van der Waals surface area contributed by atoms with Crippen LogP contribution in [0.3, 0.4) is 0 Å². The van der Waals surface area contributed by atoms with Gasteiger partial charge in [-0.1, -0.05) is 6.08 Å². The van der Waals surface area contributed by atoms with Crippen LogP contribution in [0.25, 0.3) is 0 Å². The Balaban J connectivity index is 1.99. The summed E-state index contributed by atoms with van der Waals surface area (Å²) in [6.07, 6.45) is 3.24. The SMILES string of the molecule is CC1(C)OB(C2=CCC(CO[SiH3])OC2)OC1(C)C. The first-order chi connectivity index (χ1) is 8.36. The Morgan fingerprint density at radius 3 is 2.39 bits per heavy atom. The molecule has 18 heavy (non-hydrogen) atoms. The van der Waals surface area contributed by atoms with Crippen molar-refractivity contribution in [2.24, 2.45) is 0 Å². The van der Waals surface area contributed by atoms with E-state index in [1.807, 2.05) is 0 Å². The van der Waals surface area contributed by atoms with E-state index < -0.39 is 0 Å². The average Bonchev–Trinajstić information content (AvgIpc) is 2.50. The van der Waals surface area contributed by atoms with Crippen LogP contribution in [0.1, 0.15) is 34.1 Å². The normalized spacial score (nSPS) is 30.6. The minimum atomic E-state index is -0.284. The Hall–Kier alpha value is -0.138. The van der Waals surface area contributed by atoms with E-state index in [1.54, 1.807) is 0 Å². The predicted octanol–water partition coefficient (Wildman–Crippen LogP) is 0.630. The highest BCUT2D eigenvalue weighted by molar-refractivity contribution is 6.54. The number of hydrogen-bond acceptors (Lipinski definition) is 4. The third-order valence-corrected chi connectivity index (χ3v) is 4.37. The molecule has 0 aliphatic carbocycles. The van der Waals surface area contributed by atoms with Gasteiger partial charge in [0.25, 0.3) is 0 Å². The first-order valence-electron chi connectivity index (χ1n) is 6.51. The van der Waals surface area contributed by atoms with Crippen LogP contribution in [0.2, 0.25) is 0 Å². The molecule has 0 amide bonds. The fraction of sp³-hybridized carbons (Fsp3) is 0.833. The summed E-state index contributed by atoms with van der Waals surface area (Å²) in [6.45, 7) is 9.53. The van der Waals surface area contributed by atoms with Crippen molar-refractivity contribution in [1.82, 2.24) is 0 Å². The van der Waals surface area contributed by atoms with Gasteiger partial charge in [0, 0.05) is 0 Å². The third kappa shape index (κ3) is 2.72. The van der Waals surface area contributed by atoms with Crippen LogP contribution in [-0.4, -0.2) is 48.1 Å². The van der Waals surface area contributed by atoms with Crippen LogP contribution in [-0.2, 0) is 18.5 Å². The van der Waals surface area contributed by atoms with Gasteiger partial charge in [0.1, 0.15) is 10.5 Å². The summed E-state index contributed by atoms with van der Waals surface area (Å²) in [6, 6.07) is 0. The summed E-state index contributed by atoms with van der Waals surface area (Å²) >= 11 is 0. The second-order valence-corrected chi connectivity index (χ2v) is 6.57. The summed E-state index contributed by atoms with van der Waals surface area (Å²) in [4.78, 5) is 0. The highest BCUT2D eigenvalue weighted by atomic mass is 28.2. The maximum Gasteiger partial charge on any atom is 0.492 e. The third-order valence-electron chi connectivity index (χ3n) is 4.04. The van der Waals surface area contributed by atoms with E-state index >= 15 is 0 Å². The first kappa shape index (κ1) is 14.3. The molecule has 0 saturated carbocycles. The van der Waals surface area contributed by atoms with Crippen molar-refractivity contribution in [3.63, 3.8) is 0 Å². The van der Waals surface area contributed by atoms with E-state index in [0.717, 1.165) is 22.4 Å². The van der Waals surface area contributed by atoms with E-state index in [0.29, 0.717) is 13.2 Å². The van der Waals surface area contributed by atoms with Crippen molar-refractivity contribution in [2.45, 2.75) is 51.4 Å². The van der Waals surface area contributed by atoms with Crippen molar-refractivity contribution < 1.29 is 18.5 Å². The van der Waals surface area contributed by atoms with E-state index in [-0.39, 0.29) is 24.4 Å². The molecule has 0 bridgehead atoms. The van der Waals surface area contributed by atoms with Crippen LogP contribution in [0.15, 0.2) is 11.5 Å². The van der Waals surface area contributed by atoms with Gasteiger partial charge < -0.3 is 18.5 Å². The van der Waals surface area contributed by atoms with Crippen LogP contribution in [0.4, 0.5) is 0 Å².